The quantitative estimate of drug-likeness (QED) is 0.299. The zero-order valence-electron chi connectivity index (χ0n) is 10.8. The summed E-state index contributed by atoms with van der Waals surface area (Å²) in [5.41, 5.74) is 0. The van der Waals surface area contributed by atoms with E-state index in [9.17, 15) is 4.79 Å². The number of carbonyl (C=O) groups excluding carboxylic acids is 1. The molecule has 0 N–H and O–H groups in total. The molecule has 0 aromatic heterocycles. The van der Waals surface area contributed by atoms with Crippen LogP contribution in [0.3, 0.4) is 0 Å². The van der Waals surface area contributed by atoms with Gasteiger partial charge in [-0.05, 0) is 19.3 Å². The monoisotopic (exact) mass is 226 g/mol. The average Bonchev–Trinajstić information content (AvgIpc) is 2.30. The van der Waals surface area contributed by atoms with Crippen LogP contribution in [0.25, 0.3) is 0 Å². The van der Waals surface area contributed by atoms with Crippen LogP contribution in [-0.4, -0.2) is 12.0 Å². The van der Waals surface area contributed by atoms with Crippen LogP contribution in [0.1, 0.15) is 71.6 Å². The summed E-state index contributed by atoms with van der Waals surface area (Å²) < 4.78 is 5.31. The molecule has 0 saturated heterocycles. The second-order valence-corrected chi connectivity index (χ2v) is 4.34. The Labute approximate surface area is 100 Å². The fraction of sp³-hybridized carbons (Fsp3) is 0.857. The van der Waals surface area contributed by atoms with E-state index in [-0.39, 0.29) is 6.10 Å². The van der Waals surface area contributed by atoms with Crippen molar-refractivity contribution >= 4 is 5.94 Å². The van der Waals surface area contributed by atoms with Gasteiger partial charge in [0, 0.05) is 0 Å². The Morgan fingerprint density at radius 1 is 1.00 bits per heavy atom. The van der Waals surface area contributed by atoms with E-state index in [4.69, 9.17) is 4.74 Å². The fourth-order valence-electron chi connectivity index (χ4n) is 1.88. The van der Waals surface area contributed by atoms with Crippen LogP contribution in [0.5, 0.6) is 0 Å². The largest absolute Gasteiger partial charge is 0.486 e. The summed E-state index contributed by atoms with van der Waals surface area (Å²) in [5.74, 6) is 1.68. The molecule has 16 heavy (non-hydrogen) atoms. The van der Waals surface area contributed by atoms with Crippen LogP contribution < -0.4 is 0 Å². The Morgan fingerprint density at radius 2 is 1.69 bits per heavy atom. The fourth-order valence-corrected chi connectivity index (χ4v) is 1.88. The van der Waals surface area contributed by atoms with E-state index in [1.54, 1.807) is 5.94 Å². The highest BCUT2D eigenvalue weighted by Crippen LogP contribution is 2.13. The lowest BCUT2D eigenvalue weighted by Crippen LogP contribution is -2.09. The van der Waals surface area contributed by atoms with E-state index in [0.29, 0.717) is 0 Å². The zero-order valence-corrected chi connectivity index (χ0v) is 10.8. The van der Waals surface area contributed by atoms with Crippen LogP contribution in [0.15, 0.2) is 6.26 Å². The van der Waals surface area contributed by atoms with E-state index in [2.05, 4.69) is 13.8 Å². The van der Waals surface area contributed by atoms with Gasteiger partial charge in [0.1, 0.15) is 0 Å². The SMILES string of the molecule is CCCCCCCCC(CCC)OC=C=O. The summed E-state index contributed by atoms with van der Waals surface area (Å²) in [6.07, 6.45) is 12.4. The number of hydrogen-bond donors (Lipinski definition) is 0. The second kappa shape index (κ2) is 12.3. The molecule has 1 atom stereocenters. The van der Waals surface area contributed by atoms with Crippen molar-refractivity contribution in [1.29, 1.82) is 0 Å². The van der Waals surface area contributed by atoms with Crippen LogP contribution in [0.4, 0.5) is 0 Å². The summed E-state index contributed by atoms with van der Waals surface area (Å²) in [6, 6.07) is 0. The van der Waals surface area contributed by atoms with Crippen molar-refractivity contribution in [1.82, 2.24) is 0 Å². The molecule has 2 heteroatoms. The van der Waals surface area contributed by atoms with Gasteiger partial charge in [0.25, 0.3) is 0 Å². The molecule has 0 bridgehead atoms. The van der Waals surface area contributed by atoms with Crippen LogP contribution in [-0.2, 0) is 9.53 Å². The minimum absolute atomic E-state index is 0.220. The maximum absolute atomic E-state index is 10.1. The highest BCUT2D eigenvalue weighted by Gasteiger charge is 2.06. The van der Waals surface area contributed by atoms with Gasteiger partial charge in [0.2, 0.25) is 0 Å². The van der Waals surface area contributed by atoms with Crippen molar-refractivity contribution in [3.63, 3.8) is 0 Å². The van der Waals surface area contributed by atoms with Crippen molar-refractivity contribution in [3.8, 4) is 0 Å². The molecule has 0 saturated carbocycles. The maximum atomic E-state index is 10.1. The molecule has 0 heterocycles. The third-order valence-electron chi connectivity index (χ3n) is 2.80. The minimum atomic E-state index is 0.220. The molecule has 0 aromatic carbocycles. The molecule has 0 aromatic rings. The van der Waals surface area contributed by atoms with Crippen LogP contribution >= 0.6 is 0 Å². The van der Waals surface area contributed by atoms with Gasteiger partial charge >= 0.3 is 0 Å². The smallest absolute Gasteiger partial charge is 0.167 e. The Balaban J connectivity index is 3.47. The Kier molecular flexibility index (Phi) is 11.7. The molecular weight excluding hydrogens is 200 g/mol. The molecule has 0 radical (unpaired) electrons. The Hall–Kier alpha value is -0.750. The number of rotatable bonds is 11. The zero-order chi connectivity index (χ0) is 12.1. The summed E-state index contributed by atoms with van der Waals surface area (Å²) >= 11 is 0. The summed E-state index contributed by atoms with van der Waals surface area (Å²) in [5, 5.41) is 0. The van der Waals surface area contributed by atoms with Crippen molar-refractivity contribution in [2.24, 2.45) is 0 Å². The van der Waals surface area contributed by atoms with Crippen molar-refractivity contribution in [2.45, 2.75) is 77.7 Å². The molecule has 2 nitrogen and oxygen atoms in total. The number of unbranched alkanes of at least 4 members (excludes halogenated alkanes) is 5. The Bertz CT molecular complexity index is 183. The lowest BCUT2D eigenvalue weighted by Gasteiger charge is -2.14. The minimum Gasteiger partial charge on any atom is -0.486 e. The lowest BCUT2D eigenvalue weighted by atomic mass is 10.0. The topological polar surface area (TPSA) is 26.3 Å². The maximum Gasteiger partial charge on any atom is 0.167 e. The van der Waals surface area contributed by atoms with E-state index < -0.39 is 0 Å². The third kappa shape index (κ3) is 9.79. The first kappa shape index (κ1) is 15.2. The van der Waals surface area contributed by atoms with Gasteiger partial charge in [-0.3, -0.25) is 0 Å². The van der Waals surface area contributed by atoms with Crippen LogP contribution in [0.2, 0.25) is 0 Å². The van der Waals surface area contributed by atoms with Gasteiger partial charge in [0.15, 0.2) is 12.2 Å². The van der Waals surface area contributed by atoms with Crippen molar-refractivity contribution in [3.05, 3.63) is 6.26 Å². The summed E-state index contributed by atoms with van der Waals surface area (Å²) in [4.78, 5) is 10.1. The van der Waals surface area contributed by atoms with Gasteiger partial charge < -0.3 is 4.74 Å². The van der Waals surface area contributed by atoms with E-state index in [1.807, 2.05) is 0 Å². The summed E-state index contributed by atoms with van der Waals surface area (Å²) in [7, 11) is 0. The standard InChI is InChI=1S/C14H26O2/c1-3-5-6-7-8-9-11-14(10-4-2)16-13-12-15/h13-14H,3-11H2,1-2H3. The van der Waals surface area contributed by atoms with Crippen molar-refractivity contribution in [2.75, 3.05) is 0 Å². The molecule has 0 aliphatic heterocycles. The van der Waals surface area contributed by atoms with Gasteiger partial charge in [0.05, 0.1) is 6.10 Å². The molecule has 1 unspecified atom stereocenters. The van der Waals surface area contributed by atoms with Gasteiger partial charge in [-0.15, -0.1) is 0 Å². The van der Waals surface area contributed by atoms with Crippen LogP contribution in [0, 0.1) is 0 Å². The van der Waals surface area contributed by atoms with Gasteiger partial charge in [-0.1, -0.05) is 52.4 Å². The Morgan fingerprint density at radius 3 is 2.31 bits per heavy atom. The normalized spacial score (nSPS) is 11.9. The third-order valence-corrected chi connectivity index (χ3v) is 2.80. The molecule has 0 aliphatic carbocycles. The molecule has 0 spiro atoms. The van der Waals surface area contributed by atoms with Crippen molar-refractivity contribution < 1.29 is 9.53 Å². The molecule has 0 amide bonds. The highest BCUT2D eigenvalue weighted by atomic mass is 16.5. The predicted octanol–water partition coefficient (Wildman–Crippen LogP) is 4.27. The average molecular weight is 226 g/mol. The first-order valence-electron chi connectivity index (χ1n) is 6.69. The molecule has 0 aliphatic rings. The second-order valence-electron chi connectivity index (χ2n) is 4.34. The summed E-state index contributed by atoms with van der Waals surface area (Å²) in [6.45, 7) is 4.37. The van der Waals surface area contributed by atoms with Gasteiger partial charge in [-0.2, -0.15) is 0 Å². The molecule has 0 rings (SSSR count). The number of hydrogen-bond acceptors (Lipinski definition) is 2. The van der Waals surface area contributed by atoms with E-state index in [1.165, 1.54) is 38.5 Å². The van der Waals surface area contributed by atoms with E-state index in [0.717, 1.165) is 25.5 Å². The van der Waals surface area contributed by atoms with E-state index >= 15 is 0 Å². The first-order valence-corrected chi connectivity index (χ1v) is 6.69. The molecule has 0 fully saturated rings. The molecular formula is C14H26O2. The van der Waals surface area contributed by atoms with Gasteiger partial charge in [-0.25, -0.2) is 4.79 Å². The number of ether oxygens (including phenoxy) is 1. The molecule has 94 valence electrons. The lowest BCUT2D eigenvalue weighted by molar-refractivity contribution is 0.125. The first-order chi connectivity index (χ1) is 7.85. The predicted molar refractivity (Wildman–Crippen MR) is 68.0 cm³/mol. The highest BCUT2D eigenvalue weighted by molar-refractivity contribution is 5.42.